The van der Waals surface area contributed by atoms with Crippen LogP contribution in [-0.4, -0.2) is 19.5 Å². The normalized spacial score (nSPS) is 13.3. The minimum Gasteiger partial charge on any atom is -0.386 e. The minimum atomic E-state index is -0.559. The van der Waals surface area contributed by atoms with Gasteiger partial charge in [0.05, 0.1) is 16.9 Å². The van der Waals surface area contributed by atoms with Crippen molar-refractivity contribution in [2.24, 2.45) is 0 Å². The summed E-state index contributed by atoms with van der Waals surface area (Å²) in [5.74, 6) is 0. The molecular weight excluding hydrogens is 242 g/mol. The highest BCUT2D eigenvalue weighted by Crippen LogP contribution is 2.19. The van der Waals surface area contributed by atoms with Crippen molar-refractivity contribution in [3.8, 4) is 0 Å². The zero-order chi connectivity index (χ0) is 11.0. The summed E-state index contributed by atoms with van der Waals surface area (Å²) in [7, 11) is 0. The first-order chi connectivity index (χ1) is 7.83. The van der Waals surface area contributed by atoms with E-state index in [-0.39, 0.29) is 0 Å². The molecule has 0 fully saturated rings. The summed E-state index contributed by atoms with van der Waals surface area (Å²) in [6, 6.07) is 0. The fraction of sp³-hybridized carbons (Fsp3) is 0.200. The summed E-state index contributed by atoms with van der Waals surface area (Å²) in [6.45, 7) is 0. The molecule has 0 aliphatic heterocycles. The number of nitrogens with zero attached hydrogens (tertiary/aromatic N) is 3. The molecule has 0 amide bonds. The maximum atomic E-state index is 9.92. The van der Waals surface area contributed by atoms with Gasteiger partial charge in [0.15, 0.2) is 4.96 Å². The first kappa shape index (κ1) is 9.95. The highest BCUT2D eigenvalue weighted by atomic mass is 32.1. The Morgan fingerprint density at radius 3 is 3.19 bits per heavy atom. The van der Waals surface area contributed by atoms with E-state index < -0.39 is 6.10 Å². The van der Waals surface area contributed by atoms with Crippen LogP contribution in [0.25, 0.3) is 4.96 Å². The molecule has 0 spiro atoms. The molecule has 1 unspecified atom stereocenters. The van der Waals surface area contributed by atoms with E-state index in [1.165, 1.54) is 11.3 Å². The summed E-state index contributed by atoms with van der Waals surface area (Å²) in [4.78, 5) is 9.47. The van der Waals surface area contributed by atoms with E-state index in [2.05, 4.69) is 9.97 Å². The standard InChI is InChI=1S/C10H9N3OS2/c14-9(8-5-15-6-11-8)3-7-4-13-1-2-16-10(13)12-7/h1-2,4-6,9,14H,3H2. The van der Waals surface area contributed by atoms with Crippen molar-refractivity contribution >= 4 is 27.6 Å². The van der Waals surface area contributed by atoms with Crippen LogP contribution in [0.1, 0.15) is 17.5 Å². The molecule has 1 N–H and O–H groups in total. The second kappa shape index (κ2) is 3.97. The average Bonchev–Trinajstić information content (AvgIpc) is 2.91. The quantitative estimate of drug-likeness (QED) is 0.775. The second-order valence-electron chi connectivity index (χ2n) is 3.46. The van der Waals surface area contributed by atoms with Gasteiger partial charge in [-0.2, -0.15) is 0 Å². The molecule has 0 aliphatic rings. The maximum Gasteiger partial charge on any atom is 0.193 e. The minimum absolute atomic E-state index is 0.512. The number of aliphatic hydroxyl groups excluding tert-OH is 1. The van der Waals surface area contributed by atoms with Crippen molar-refractivity contribution in [3.05, 3.63) is 40.1 Å². The van der Waals surface area contributed by atoms with Crippen molar-refractivity contribution in [3.63, 3.8) is 0 Å². The number of imidazole rings is 1. The number of hydrogen-bond donors (Lipinski definition) is 1. The number of aliphatic hydroxyl groups is 1. The highest BCUT2D eigenvalue weighted by Gasteiger charge is 2.13. The lowest BCUT2D eigenvalue weighted by atomic mass is 10.2. The predicted octanol–water partition coefficient (Wildman–Crippen LogP) is 2.13. The SMILES string of the molecule is OC(Cc1cn2ccsc2n1)c1cscn1. The number of thiazole rings is 2. The van der Waals surface area contributed by atoms with Gasteiger partial charge in [0.1, 0.15) is 6.10 Å². The van der Waals surface area contributed by atoms with Gasteiger partial charge in [-0.25, -0.2) is 9.97 Å². The fourth-order valence-electron chi connectivity index (χ4n) is 1.56. The molecule has 3 rings (SSSR count). The summed E-state index contributed by atoms with van der Waals surface area (Å²) >= 11 is 3.08. The molecule has 4 nitrogen and oxygen atoms in total. The van der Waals surface area contributed by atoms with Gasteiger partial charge in [-0.1, -0.05) is 0 Å². The third kappa shape index (κ3) is 1.75. The third-order valence-corrected chi connectivity index (χ3v) is 3.71. The molecule has 0 radical (unpaired) electrons. The molecule has 1 atom stereocenters. The lowest BCUT2D eigenvalue weighted by Crippen LogP contribution is -2.02. The molecular formula is C10H9N3OS2. The summed E-state index contributed by atoms with van der Waals surface area (Å²) in [6.07, 6.45) is 3.86. The highest BCUT2D eigenvalue weighted by molar-refractivity contribution is 7.15. The first-order valence-electron chi connectivity index (χ1n) is 4.80. The van der Waals surface area contributed by atoms with Gasteiger partial charge < -0.3 is 5.11 Å². The fourth-order valence-corrected chi connectivity index (χ4v) is 2.88. The van der Waals surface area contributed by atoms with E-state index in [1.54, 1.807) is 16.8 Å². The van der Waals surface area contributed by atoms with Crippen LogP contribution in [0.15, 0.2) is 28.7 Å². The smallest absolute Gasteiger partial charge is 0.193 e. The van der Waals surface area contributed by atoms with Crippen molar-refractivity contribution in [1.29, 1.82) is 0 Å². The van der Waals surface area contributed by atoms with Crippen LogP contribution in [0.5, 0.6) is 0 Å². The monoisotopic (exact) mass is 251 g/mol. The Balaban J connectivity index is 1.82. The Morgan fingerprint density at radius 2 is 2.44 bits per heavy atom. The molecule has 0 saturated carbocycles. The molecule has 6 heteroatoms. The molecule has 3 aromatic rings. The molecule has 0 aromatic carbocycles. The Kier molecular flexibility index (Phi) is 2.47. The van der Waals surface area contributed by atoms with Crippen LogP contribution in [0.3, 0.4) is 0 Å². The van der Waals surface area contributed by atoms with Crippen LogP contribution in [0.2, 0.25) is 0 Å². The molecule has 16 heavy (non-hydrogen) atoms. The summed E-state index contributed by atoms with van der Waals surface area (Å²) in [5, 5.41) is 13.8. The van der Waals surface area contributed by atoms with E-state index in [0.29, 0.717) is 6.42 Å². The Bertz CT molecular complexity index is 556. The molecule has 82 valence electrons. The van der Waals surface area contributed by atoms with E-state index in [1.807, 2.05) is 27.6 Å². The molecule has 3 aromatic heterocycles. The third-order valence-electron chi connectivity index (χ3n) is 2.34. The zero-order valence-electron chi connectivity index (χ0n) is 8.28. The number of rotatable bonds is 3. The van der Waals surface area contributed by atoms with Gasteiger partial charge in [-0.3, -0.25) is 4.40 Å². The van der Waals surface area contributed by atoms with Crippen LogP contribution < -0.4 is 0 Å². The first-order valence-corrected chi connectivity index (χ1v) is 6.62. The van der Waals surface area contributed by atoms with Gasteiger partial charge in [0.25, 0.3) is 0 Å². The van der Waals surface area contributed by atoms with E-state index in [0.717, 1.165) is 16.3 Å². The number of fused-ring (bicyclic) bond motifs is 1. The van der Waals surface area contributed by atoms with Gasteiger partial charge in [0.2, 0.25) is 0 Å². The van der Waals surface area contributed by atoms with Crippen molar-refractivity contribution in [2.45, 2.75) is 12.5 Å². The topological polar surface area (TPSA) is 50.4 Å². The largest absolute Gasteiger partial charge is 0.386 e. The Hall–Kier alpha value is -1.24. The predicted molar refractivity (Wildman–Crippen MR) is 63.8 cm³/mol. The molecule has 0 saturated heterocycles. The lowest BCUT2D eigenvalue weighted by Gasteiger charge is -2.04. The van der Waals surface area contributed by atoms with Gasteiger partial charge in [-0.05, 0) is 0 Å². The van der Waals surface area contributed by atoms with E-state index in [4.69, 9.17) is 0 Å². The molecule has 0 bridgehead atoms. The second-order valence-corrected chi connectivity index (χ2v) is 5.05. The molecule has 0 aliphatic carbocycles. The van der Waals surface area contributed by atoms with Crippen LogP contribution in [0.4, 0.5) is 0 Å². The Labute approximate surface area is 99.9 Å². The number of hydrogen-bond acceptors (Lipinski definition) is 5. The lowest BCUT2D eigenvalue weighted by molar-refractivity contribution is 0.173. The van der Waals surface area contributed by atoms with Crippen molar-refractivity contribution in [1.82, 2.24) is 14.4 Å². The van der Waals surface area contributed by atoms with E-state index >= 15 is 0 Å². The summed E-state index contributed by atoms with van der Waals surface area (Å²) < 4.78 is 1.97. The Morgan fingerprint density at radius 1 is 1.50 bits per heavy atom. The van der Waals surface area contributed by atoms with Gasteiger partial charge in [0, 0.05) is 29.6 Å². The summed E-state index contributed by atoms with van der Waals surface area (Å²) in [5.41, 5.74) is 3.35. The van der Waals surface area contributed by atoms with Gasteiger partial charge in [-0.15, -0.1) is 22.7 Å². The van der Waals surface area contributed by atoms with E-state index in [9.17, 15) is 5.11 Å². The zero-order valence-corrected chi connectivity index (χ0v) is 9.91. The van der Waals surface area contributed by atoms with Crippen molar-refractivity contribution < 1.29 is 5.11 Å². The van der Waals surface area contributed by atoms with Crippen LogP contribution >= 0.6 is 22.7 Å². The number of aromatic nitrogens is 3. The van der Waals surface area contributed by atoms with Gasteiger partial charge >= 0.3 is 0 Å². The van der Waals surface area contributed by atoms with Crippen molar-refractivity contribution in [2.75, 3.05) is 0 Å². The van der Waals surface area contributed by atoms with Crippen LogP contribution in [-0.2, 0) is 6.42 Å². The average molecular weight is 251 g/mol. The maximum absolute atomic E-state index is 9.92. The van der Waals surface area contributed by atoms with Crippen LogP contribution in [0, 0.1) is 0 Å². The molecule has 3 heterocycles.